The van der Waals surface area contributed by atoms with Crippen molar-refractivity contribution >= 4 is 23.8 Å². The van der Waals surface area contributed by atoms with Gasteiger partial charge in [-0.2, -0.15) is 0 Å². The number of nitrogens with two attached hydrogens (primary N) is 1. The molecule has 0 fully saturated rings. The lowest BCUT2D eigenvalue weighted by atomic mass is 10.0. The maximum absolute atomic E-state index is 12.1. The Labute approximate surface area is 134 Å². The highest BCUT2D eigenvalue weighted by atomic mass is 16.4. The molecule has 0 spiro atoms. The maximum atomic E-state index is 12.1. The number of amides is 2. The minimum atomic E-state index is -1.19. The van der Waals surface area contributed by atoms with Gasteiger partial charge in [0.15, 0.2) is 0 Å². The molecule has 23 heavy (non-hydrogen) atoms. The van der Waals surface area contributed by atoms with Crippen LogP contribution in [-0.2, 0) is 19.2 Å². The zero-order valence-electron chi connectivity index (χ0n) is 13.5. The number of carbonyl (C=O) groups excluding carboxylic acids is 2. The van der Waals surface area contributed by atoms with Gasteiger partial charge in [0.1, 0.15) is 12.1 Å². The van der Waals surface area contributed by atoms with Gasteiger partial charge in [-0.1, -0.05) is 13.8 Å². The van der Waals surface area contributed by atoms with Gasteiger partial charge in [0.25, 0.3) is 0 Å². The maximum Gasteiger partial charge on any atom is 0.325 e. The molecule has 3 atom stereocenters. The number of carboxylic acids is 2. The molecular formula is C14H25N3O6. The summed E-state index contributed by atoms with van der Waals surface area (Å²) in [6.45, 7) is 5.00. The first-order valence-electron chi connectivity index (χ1n) is 7.35. The molecule has 9 nitrogen and oxygen atoms in total. The standard InChI is InChI=1S/C14H25N3O6/c1-7(2)6-10(13(21)16-8(3)14(22)23)17-12(20)9(15)4-5-11(18)19/h7-10H,4-6,15H2,1-3H3,(H,16,21)(H,17,20)(H,18,19)(H,22,23). The zero-order chi connectivity index (χ0) is 18.2. The van der Waals surface area contributed by atoms with Gasteiger partial charge in [-0.25, -0.2) is 0 Å². The lowest BCUT2D eigenvalue weighted by Crippen LogP contribution is -2.54. The van der Waals surface area contributed by atoms with E-state index >= 15 is 0 Å². The number of rotatable bonds is 10. The minimum Gasteiger partial charge on any atom is -0.481 e. The van der Waals surface area contributed by atoms with Crippen molar-refractivity contribution in [2.24, 2.45) is 11.7 Å². The SMILES string of the molecule is CC(C)CC(NC(=O)C(N)CCC(=O)O)C(=O)NC(C)C(=O)O. The third kappa shape index (κ3) is 8.77. The highest BCUT2D eigenvalue weighted by molar-refractivity contribution is 5.91. The average molecular weight is 331 g/mol. The second kappa shape index (κ2) is 9.78. The van der Waals surface area contributed by atoms with Crippen molar-refractivity contribution in [1.29, 1.82) is 0 Å². The van der Waals surface area contributed by atoms with E-state index < -0.39 is 41.9 Å². The van der Waals surface area contributed by atoms with Crippen LogP contribution in [0.1, 0.15) is 40.0 Å². The van der Waals surface area contributed by atoms with Gasteiger partial charge in [-0.15, -0.1) is 0 Å². The molecule has 0 aliphatic heterocycles. The molecule has 0 radical (unpaired) electrons. The average Bonchev–Trinajstić information content (AvgIpc) is 2.42. The van der Waals surface area contributed by atoms with E-state index in [4.69, 9.17) is 15.9 Å². The molecule has 0 bridgehead atoms. The lowest BCUT2D eigenvalue weighted by molar-refractivity contribution is -0.141. The summed E-state index contributed by atoms with van der Waals surface area (Å²) >= 11 is 0. The van der Waals surface area contributed by atoms with Crippen LogP contribution >= 0.6 is 0 Å². The highest BCUT2D eigenvalue weighted by Crippen LogP contribution is 2.06. The third-order valence-electron chi connectivity index (χ3n) is 3.08. The fraction of sp³-hybridized carbons (Fsp3) is 0.714. The fourth-order valence-corrected chi connectivity index (χ4v) is 1.77. The van der Waals surface area contributed by atoms with Crippen LogP contribution in [0.2, 0.25) is 0 Å². The van der Waals surface area contributed by atoms with Gasteiger partial charge in [-0.3, -0.25) is 19.2 Å². The van der Waals surface area contributed by atoms with Crippen molar-refractivity contribution in [3.8, 4) is 0 Å². The topological polar surface area (TPSA) is 159 Å². The molecule has 132 valence electrons. The molecule has 0 heterocycles. The van der Waals surface area contributed by atoms with Crippen molar-refractivity contribution in [1.82, 2.24) is 10.6 Å². The van der Waals surface area contributed by atoms with Gasteiger partial charge < -0.3 is 26.6 Å². The monoisotopic (exact) mass is 331 g/mol. The molecule has 3 unspecified atom stereocenters. The van der Waals surface area contributed by atoms with E-state index in [1.165, 1.54) is 6.92 Å². The van der Waals surface area contributed by atoms with Crippen LogP contribution < -0.4 is 16.4 Å². The highest BCUT2D eigenvalue weighted by Gasteiger charge is 2.26. The second-order valence-electron chi connectivity index (χ2n) is 5.80. The van der Waals surface area contributed by atoms with Crippen molar-refractivity contribution in [3.63, 3.8) is 0 Å². The Morgan fingerprint density at radius 1 is 1.00 bits per heavy atom. The Morgan fingerprint density at radius 3 is 2.00 bits per heavy atom. The number of nitrogens with one attached hydrogen (secondary N) is 2. The summed E-state index contributed by atoms with van der Waals surface area (Å²) < 4.78 is 0. The molecule has 0 rings (SSSR count). The Balaban J connectivity index is 4.77. The van der Waals surface area contributed by atoms with E-state index in [2.05, 4.69) is 10.6 Å². The normalized spacial score (nSPS) is 14.7. The Bertz CT molecular complexity index is 452. The van der Waals surface area contributed by atoms with E-state index in [0.717, 1.165) is 0 Å². The Morgan fingerprint density at radius 2 is 1.57 bits per heavy atom. The quantitative estimate of drug-likeness (QED) is 0.354. The molecule has 0 aliphatic carbocycles. The zero-order valence-corrected chi connectivity index (χ0v) is 13.5. The first-order chi connectivity index (χ1) is 10.5. The van der Waals surface area contributed by atoms with Crippen LogP contribution in [-0.4, -0.2) is 52.1 Å². The van der Waals surface area contributed by atoms with Crippen LogP contribution in [0, 0.1) is 5.92 Å². The molecule has 0 aromatic rings. The molecular weight excluding hydrogens is 306 g/mol. The van der Waals surface area contributed by atoms with Crippen molar-refractivity contribution in [2.75, 3.05) is 0 Å². The van der Waals surface area contributed by atoms with E-state index in [-0.39, 0.29) is 18.8 Å². The van der Waals surface area contributed by atoms with Gasteiger partial charge in [-0.05, 0) is 25.7 Å². The van der Waals surface area contributed by atoms with Gasteiger partial charge in [0, 0.05) is 6.42 Å². The summed E-state index contributed by atoms with van der Waals surface area (Å²) in [5.74, 6) is -3.45. The molecule has 0 saturated heterocycles. The third-order valence-corrected chi connectivity index (χ3v) is 3.08. The molecule has 2 amide bonds. The smallest absolute Gasteiger partial charge is 0.325 e. The van der Waals surface area contributed by atoms with Crippen LogP contribution in [0.3, 0.4) is 0 Å². The lowest BCUT2D eigenvalue weighted by Gasteiger charge is -2.23. The van der Waals surface area contributed by atoms with Gasteiger partial charge in [0.2, 0.25) is 11.8 Å². The minimum absolute atomic E-state index is 0.0529. The molecule has 0 aromatic heterocycles. The number of aliphatic carboxylic acids is 2. The largest absolute Gasteiger partial charge is 0.481 e. The summed E-state index contributed by atoms with van der Waals surface area (Å²) in [5.41, 5.74) is 5.59. The second-order valence-corrected chi connectivity index (χ2v) is 5.80. The Hall–Kier alpha value is -2.16. The van der Waals surface area contributed by atoms with E-state index in [0.29, 0.717) is 6.42 Å². The molecule has 9 heteroatoms. The van der Waals surface area contributed by atoms with Crippen LogP contribution in [0.4, 0.5) is 0 Å². The van der Waals surface area contributed by atoms with E-state index in [9.17, 15) is 19.2 Å². The predicted octanol–water partition coefficient (Wildman–Crippen LogP) is -0.701. The molecule has 0 aliphatic rings. The number of hydrogen-bond acceptors (Lipinski definition) is 5. The summed E-state index contributed by atoms with van der Waals surface area (Å²) in [6.07, 6.45) is -0.00997. The molecule has 0 aromatic carbocycles. The first-order valence-corrected chi connectivity index (χ1v) is 7.35. The summed E-state index contributed by atoms with van der Waals surface area (Å²) in [5, 5.41) is 22.1. The van der Waals surface area contributed by atoms with Crippen LogP contribution in [0.5, 0.6) is 0 Å². The first kappa shape index (κ1) is 20.8. The number of carboxylic acid groups (broad SMARTS) is 2. The number of hydrogen-bond donors (Lipinski definition) is 5. The van der Waals surface area contributed by atoms with Crippen molar-refractivity contribution in [3.05, 3.63) is 0 Å². The molecule has 0 saturated carbocycles. The Kier molecular flexibility index (Phi) is 8.86. The van der Waals surface area contributed by atoms with Crippen LogP contribution in [0.25, 0.3) is 0 Å². The summed E-state index contributed by atoms with van der Waals surface area (Å²) in [4.78, 5) is 45.3. The molecule has 6 N–H and O–H groups in total. The van der Waals surface area contributed by atoms with E-state index in [1.807, 2.05) is 13.8 Å². The van der Waals surface area contributed by atoms with Gasteiger partial charge >= 0.3 is 11.9 Å². The summed E-state index contributed by atoms with van der Waals surface area (Å²) in [6, 6.07) is -3.07. The summed E-state index contributed by atoms with van der Waals surface area (Å²) in [7, 11) is 0. The fourth-order valence-electron chi connectivity index (χ4n) is 1.77. The van der Waals surface area contributed by atoms with E-state index in [1.54, 1.807) is 0 Å². The van der Waals surface area contributed by atoms with Gasteiger partial charge in [0.05, 0.1) is 6.04 Å². The van der Waals surface area contributed by atoms with Crippen molar-refractivity contribution in [2.45, 2.75) is 58.2 Å². The predicted molar refractivity (Wildman–Crippen MR) is 81.5 cm³/mol. The van der Waals surface area contributed by atoms with Crippen LogP contribution in [0.15, 0.2) is 0 Å². The number of carbonyl (C=O) groups is 4. The van der Waals surface area contributed by atoms with Crippen molar-refractivity contribution < 1.29 is 29.4 Å².